The average Bonchev–Trinajstić information content (AvgIpc) is 2.73. The molecule has 4 heteroatoms. The zero-order chi connectivity index (χ0) is 12.6. The molecule has 0 amide bonds. The van der Waals surface area contributed by atoms with E-state index in [1.807, 2.05) is 7.05 Å². The second-order valence-corrected chi connectivity index (χ2v) is 3.51. The van der Waals surface area contributed by atoms with Crippen LogP contribution >= 0.6 is 0 Å². The Labute approximate surface area is 122 Å². The van der Waals surface area contributed by atoms with E-state index in [0.29, 0.717) is 5.92 Å². The third-order valence-corrected chi connectivity index (χ3v) is 1.75. The van der Waals surface area contributed by atoms with E-state index in [2.05, 4.69) is 40.3 Å². The Hall–Kier alpha value is 0.0743. The predicted octanol–water partition coefficient (Wildman–Crippen LogP) is 3.75. The van der Waals surface area contributed by atoms with Gasteiger partial charge in [-0.3, -0.25) is 0 Å². The van der Waals surface area contributed by atoms with Crippen molar-refractivity contribution >= 4 is 0 Å². The van der Waals surface area contributed by atoms with Gasteiger partial charge in [-0.15, -0.1) is 6.54 Å². The molecule has 1 aliphatic carbocycles. The summed E-state index contributed by atoms with van der Waals surface area (Å²) in [6, 6.07) is 0. The molecule has 0 heterocycles. The van der Waals surface area contributed by atoms with Gasteiger partial charge in [-0.1, -0.05) is 30.7 Å². The quantitative estimate of drug-likeness (QED) is 0.552. The second kappa shape index (κ2) is 21.4. The van der Waals surface area contributed by atoms with Crippen LogP contribution in [-0.4, -0.2) is 41.8 Å². The molecular weight excluding hydrogens is 246 g/mol. The largest absolute Gasteiger partial charge is 3.00 e. The smallest absolute Gasteiger partial charge is 0.668 e. The Morgan fingerprint density at radius 2 is 1.29 bits per heavy atom. The van der Waals surface area contributed by atoms with Crippen LogP contribution in [-0.2, 0) is 21.7 Å². The number of hydrogen-bond acceptors (Lipinski definition) is 0. The molecule has 1 rings (SSSR count). The first kappa shape index (κ1) is 22.3. The van der Waals surface area contributed by atoms with Crippen molar-refractivity contribution in [3.63, 3.8) is 0 Å². The van der Waals surface area contributed by atoms with Gasteiger partial charge in [-0.05, 0) is 12.3 Å². The van der Waals surface area contributed by atoms with E-state index in [-0.39, 0.29) is 21.7 Å². The summed E-state index contributed by atoms with van der Waals surface area (Å²) in [4.78, 5) is 0. The number of hydrogen-bond donors (Lipinski definition) is 0. The summed E-state index contributed by atoms with van der Waals surface area (Å²) < 4.78 is 0. The third kappa shape index (κ3) is 21.8. The Morgan fingerprint density at radius 3 is 1.65 bits per heavy atom. The molecule has 17 heavy (non-hydrogen) atoms. The fourth-order valence-electron chi connectivity index (χ4n) is 1.16. The van der Waals surface area contributed by atoms with Gasteiger partial charge >= 0.3 is 21.7 Å². The van der Waals surface area contributed by atoms with Gasteiger partial charge < -0.3 is 16.0 Å². The first-order valence-corrected chi connectivity index (χ1v) is 5.63. The van der Waals surface area contributed by atoms with Gasteiger partial charge in [-0.25, -0.2) is 0 Å². The zero-order valence-electron chi connectivity index (χ0n) is 11.8. The maximum atomic E-state index is 4.05. The van der Waals surface area contributed by atoms with Gasteiger partial charge in [0.1, 0.15) is 0 Å². The van der Waals surface area contributed by atoms with E-state index in [9.17, 15) is 0 Å². The predicted molar refractivity (Wildman–Crippen MR) is 75.6 cm³/mol. The molecule has 1 radical (unpaired) electrons. The van der Waals surface area contributed by atoms with Crippen molar-refractivity contribution in [3.05, 3.63) is 40.3 Å². The minimum absolute atomic E-state index is 0. The summed E-state index contributed by atoms with van der Waals surface area (Å²) >= 11 is 0. The van der Waals surface area contributed by atoms with E-state index in [4.69, 9.17) is 0 Å². The minimum Gasteiger partial charge on any atom is -0.668 e. The van der Waals surface area contributed by atoms with Gasteiger partial charge in [0.25, 0.3) is 0 Å². The molecule has 0 spiro atoms. The Kier molecular flexibility index (Phi) is 28.0. The number of allylic oxidation sites excluding steroid dienone is 4. The van der Waals surface area contributed by atoms with Crippen LogP contribution in [0, 0.1) is 5.92 Å². The molecule has 0 aromatic heterocycles. The van der Waals surface area contributed by atoms with Crippen LogP contribution < -0.4 is 0 Å². The maximum Gasteiger partial charge on any atom is 3.00 e. The SMILES string of the molecule is C[N-]C.C[N-]C.C[N-]CCCC1C=CC=C1.[Ti+3]. The Balaban J connectivity index is -0.000000240. The van der Waals surface area contributed by atoms with Crippen LogP contribution in [0.5, 0.6) is 0 Å². The standard InChI is InChI=1S/C9H14N.2C2H6N.Ti/c1-10-8-4-7-9-5-2-3-6-9;2*1-3-2;/h2-3,5-6,9H,4,7-8H2,1H3;2*1-2H3;/q3*-1;+3. The van der Waals surface area contributed by atoms with E-state index in [1.165, 1.54) is 12.8 Å². The summed E-state index contributed by atoms with van der Waals surface area (Å²) in [5, 5.41) is 11.0. The summed E-state index contributed by atoms with van der Waals surface area (Å²) in [5.41, 5.74) is 0. The summed E-state index contributed by atoms with van der Waals surface area (Å²) in [7, 11) is 8.88. The molecule has 97 valence electrons. The molecule has 0 saturated heterocycles. The molecule has 0 aromatic rings. The van der Waals surface area contributed by atoms with Crippen molar-refractivity contribution in [1.29, 1.82) is 0 Å². The molecule has 1 aliphatic rings. The van der Waals surface area contributed by atoms with Gasteiger partial charge in [0, 0.05) is 0 Å². The second-order valence-electron chi connectivity index (χ2n) is 3.51. The van der Waals surface area contributed by atoms with Crippen LogP contribution in [0.3, 0.4) is 0 Å². The first-order valence-electron chi connectivity index (χ1n) is 5.63. The van der Waals surface area contributed by atoms with E-state index in [1.54, 1.807) is 28.2 Å². The van der Waals surface area contributed by atoms with Gasteiger partial charge in [0.05, 0.1) is 0 Å². The molecule has 0 unspecified atom stereocenters. The monoisotopic (exact) mass is 272 g/mol. The van der Waals surface area contributed by atoms with Crippen molar-refractivity contribution in [1.82, 2.24) is 0 Å². The molecule has 0 bridgehead atoms. The minimum atomic E-state index is 0. The fourth-order valence-corrected chi connectivity index (χ4v) is 1.16. The van der Waals surface area contributed by atoms with Crippen molar-refractivity contribution in [2.75, 3.05) is 41.8 Å². The number of rotatable bonds is 4. The number of nitrogens with zero attached hydrogens (tertiary/aromatic N) is 3. The topological polar surface area (TPSA) is 42.3 Å². The normalized spacial score (nSPS) is 12.1. The van der Waals surface area contributed by atoms with Gasteiger partial charge in [0.15, 0.2) is 0 Å². The van der Waals surface area contributed by atoms with Crippen LogP contribution in [0.15, 0.2) is 24.3 Å². The van der Waals surface area contributed by atoms with Crippen LogP contribution in [0.25, 0.3) is 16.0 Å². The van der Waals surface area contributed by atoms with Gasteiger partial charge in [0.2, 0.25) is 0 Å². The zero-order valence-corrected chi connectivity index (χ0v) is 13.4. The van der Waals surface area contributed by atoms with Crippen molar-refractivity contribution in [2.24, 2.45) is 5.92 Å². The molecule has 0 aliphatic heterocycles. The molecule has 3 nitrogen and oxygen atoms in total. The third-order valence-electron chi connectivity index (χ3n) is 1.75. The van der Waals surface area contributed by atoms with E-state index in [0.717, 1.165) is 6.54 Å². The van der Waals surface area contributed by atoms with Crippen LogP contribution in [0.4, 0.5) is 0 Å². The molecule has 0 N–H and O–H groups in total. The summed E-state index contributed by atoms with van der Waals surface area (Å²) in [5.74, 6) is 0.696. The van der Waals surface area contributed by atoms with Crippen molar-refractivity contribution in [3.8, 4) is 0 Å². The molecule has 0 saturated carbocycles. The molecule has 0 fully saturated rings. The first-order chi connectivity index (χ1) is 7.76. The fraction of sp³-hybridized carbons (Fsp3) is 0.692. The summed E-state index contributed by atoms with van der Waals surface area (Å²) in [6.07, 6.45) is 11.2. The van der Waals surface area contributed by atoms with Crippen LogP contribution in [0.1, 0.15) is 12.8 Å². The van der Waals surface area contributed by atoms with Gasteiger partial charge in [-0.2, -0.15) is 35.2 Å². The average molecular weight is 272 g/mol. The van der Waals surface area contributed by atoms with E-state index < -0.39 is 0 Å². The van der Waals surface area contributed by atoms with Crippen molar-refractivity contribution in [2.45, 2.75) is 12.8 Å². The maximum absolute atomic E-state index is 4.05. The van der Waals surface area contributed by atoms with Crippen LogP contribution in [0.2, 0.25) is 0 Å². The summed E-state index contributed by atoms with van der Waals surface area (Å²) in [6.45, 7) is 1.01. The Morgan fingerprint density at radius 1 is 0.882 bits per heavy atom. The van der Waals surface area contributed by atoms with Crippen molar-refractivity contribution < 1.29 is 21.7 Å². The Bertz CT molecular complexity index is 156. The molecular formula is C13H26N3Ti. The molecule has 0 aromatic carbocycles. The molecule has 0 atom stereocenters. The van der Waals surface area contributed by atoms with E-state index >= 15 is 0 Å².